The first-order chi connectivity index (χ1) is 10.5. The van der Waals surface area contributed by atoms with Crippen molar-refractivity contribution in [2.45, 2.75) is 20.3 Å². The van der Waals surface area contributed by atoms with Crippen LogP contribution in [0.3, 0.4) is 0 Å². The maximum atomic E-state index is 11.5. The number of nitrogens with one attached hydrogen (secondary N) is 2. The Balaban J connectivity index is 2.17. The molecule has 0 aliphatic carbocycles. The molecule has 1 aromatic carbocycles. The van der Waals surface area contributed by atoms with Crippen LogP contribution in [0.4, 0.5) is 0 Å². The van der Waals surface area contributed by atoms with E-state index in [1.807, 2.05) is 0 Å². The Bertz CT molecular complexity index is 472. The van der Waals surface area contributed by atoms with E-state index < -0.39 is 11.8 Å². The molecule has 1 aromatic rings. The number of methoxy groups -OCH3 is 1. The summed E-state index contributed by atoms with van der Waals surface area (Å²) in [4.78, 5) is 23.0. The lowest BCUT2D eigenvalue weighted by atomic mass is 10.1. The van der Waals surface area contributed by atoms with Gasteiger partial charge in [-0.1, -0.05) is 13.8 Å². The largest absolute Gasteiger partial charge is 0.497 e. The van der Waals surface area contributed by atoms with E-state index in [1.54, 1.807) is 31.4 Å². The van der Waals surface area contributed by atoms with Crippen molar-refractivity contribution in [3.05, 3.63) is 24.3 Å². The van der Waals surface area contributed by atoms with Crippen LogP contribution in [0, 0.1) is 5.92 Å². The molecule has 122 valence electrons. The topological polar surface area (TPSA) is 76.7 Å². The lowest BCUT2D eigenvalue weighted by molar-refractivity contribution is -0.139. The van der Waals surface area contributed by atoms with Gasteiger partial charge in [0.1, 0.15) is 18.1 Å². The molecule has 0 atom stereocenters. The molecule has 22 heavy (non-hydrogen) atoms. The van der Waals surface area contributed by atoms with Crippen molar-refractivity contribution < 1.29 is 19.1 Å². The smallest absolute Gasteiger partial charge is 0.309 e. The van der Waals surface area contributed by atoms with Crippen LogP contribution in [0.25, 0.3) is 0 Å². The molecule has 0 saturated heterocycles. The lowest BCUT2D eigenvalue weighted by Gasteiger charge is -2.09. The molecule has 0 spiro atoms. The second kappa shape index (κ2) is 9.65. The van der Waals surface area contributed by atoms with Gasteiger partial charge in [-0.25, -0.2) is 0 Å². The minimum absolute atomic E-state index is 0.266. The molecule has 0 fully saturated rings. The van der Waals surface area contributed by atoms with Crippen LogP contribution in [0.5, 0.6) is 11.5 Å². The van der Waals surface area contributed by atoms with Gasteiger partial charge in [-0.3, -0.25) is 9.59 Å². The fourth-order valence-corrected chi connectivity index (χ4v) is 1.64. The molecular weight excluding hydrogens is 284 g/mol. The predicted molar refractivity (Wildman–Crippen MR) is 84.0 cm³/mol. The zero-order valence-electron chi connectivity index (χ0n) is 13.3. The molecule has 6 nitrogen and oxygen atoms in total. The Labute approximate surface area is 131 Å². The molecule has 0 aliphatic rings. The van der Waals surface area contributed by atoms with Crippen molar-refractivity contribution >= 4 is 11.8 Å². The first-order valence-electron chi connectivity index (χ1n) is 7.35. The number of ether oxygens (including phenoxy) is 2. The fourth-order valence-electron chi connectivity index (χ4n) is 1.64. The normalized spacial score (nSPS) is 10.2. The van der Waals surface area contributed by atoms with Gasteiger partial charge in [0.2, 0.25) is 0 Å². The summed E-state index contributed by atoms with van der Waals surface area (Å²) in [6, 6.07) is 7.13. The van der Waals surface area contributed by atoms with Gasteiger partial charge in [0, 0.05) is 6.54 Å². The van der Waals surface area contributed by atoms with Crippen LogP contribution in [-0.4, -0.2) is 38.6 Å². The summed E-state index contributed by atoms with van der Waals surface area (Å²) >= 11 is 0. The average Bonchev–Trinajstić information content (AvgIpc) is 2.51. The molecule has 6 heteroatoms. The fraction of sp³-hybridized carbons (Fsp3) is 0.500. The zero-order valence-corrected chi connectivity index (χ0v) is 13.3. The highest BCUT2D eigenvalue weighted by atomic mass is 16.5. The summed E-state index contributed by atoms with van der Waals surface area (Å²) < 4.78 is 10.5. The van der Waals surface area contributed by atoms with Gasteiger partial charge < -0.3 is 20.1 Å². The van der Waals surface area contributed by atoms with Crippen LogP contribution in [0.15, 0.2) is 24.3 Å². The van der Waals surface area contributed by atoms with E-state index >= 15 is 0 Å². The van der Waals surface area contributed by atoms with Crippen LogP contribution < -0.4 is 20.1 Å². The van der Waals surface area contributed by atoms with Crippen molar-refractivity contribution in [3.8, 4) is 11.5 Å². The van der Waals surface area contributed by atoms with Crippen molar-refractivity contribution in [2.75, 3.05) is 26.8 Å². The molecule has 2 amide bonds. The van der Waals surface area contributed by atoms with Crippen LogP contribution in [0.2, 0.25) is 0 Å². The van der Waals surface area contributed by atoms with Gasteiger partial charge in [0.05, 0.1) is 13.7 Å². The van der Waals surface area contributed by atoms with Gasteiger partial charge in [0.15, 0.2) is 0 Å². The number of rotatable bonds is 8. The monoisotopic (exact) mass is 308 g/mol. The third-order valence-corrected chi connectivity index (χ3v) is 2.93. The Morgan fingerprint density at radius 3 is 2.09 bits per heavy atom. The summed E-state index contributed by atoms with van der Waals surface area (Å²) in [5, 5.41) is 5.09. The summed E-state index contributed by atoms with van der Waals surface area (Å²) in [6.45, 7) is 5.18. The molecule has 0 aromatic heterocycles. The third-order valence-electron chi connectivity index (χ3n) is 2.93. The Morgan fingerprint density at radius 1 is 1.00 bits per heavy atom. The van der Waals surface area contributed by atoms with Gasteiger partial charge >= 0.3 is 11.8 Å². The zero-order chi connectivity index (χ0) is 16.4. The van der Waals surface area contributed by atoms with Crippen molar-refractivity contribution in [1.82, 2.24) is 10.6 Å². The van der Waals surface area contributed by atoms with Crippen LogP contribution in [0.1, 0.15) is 20.3 Å². The Hall–Kier alpha value is -2.24. The molecule has 0 heterocycles. The Morgan fingerprint density at radius 2 is 1.55 bits per heavy atom. The number of hydrogen-bond acceptors (Lipinski definition) is 4. The number of hydrogen-bond donors (Lipinski definition) is 2. The summed E-state index contributed by atoms with van der Waals surface area (Å²) in [6.07, 6.45) is 0.847. The minimum Gasteiger partial charge on any atom is -0.497 e. The van der Waals surface area contributed by atoms with Gasteiger partial charge in [0.25, 0.3) is 0 Å². The quantitative estimate of drug-likeness (QED) is 0.561. The second-order valence-corrected chi connectivity index (χ2v) is 5.22. The first-order valence-corrected chi connectivity index (χ1v) is 7.35. The molecule has 1 rings (SSSR count). The van der Waals surface area contributed by atoms with Crippen molar-refractivity contribution in [3.63, 3.8) is 0 Å². The summed E-state index contributed by atoms with van der Waals surface area (Å²) in [7, 11) is 1.59. The highest BCUT2D eigenvalue weighted by Gasteiger charge is 2.11. The van der Waals surface area contributed by atoms with E-state index in [0.29, 0.717) is 18.2 Å². The van der Waals surface area contributed by atoms with Gasteiger partial charge in [-0.15, -0.1) is 0 Å². The average molecular weight is 308 g/mol. The highest BCUT2D eigenvalue weighted by molar-refractivity contribution is 6.35. The predicted octanol–water partition coefficient (Wildman–Crippen LogP) is 1.35. The minimum atomic E-state index is -0.637. The number of amides is 2. The van der Waals surface area contributed by atoms with E-state index in [1.165, 1.54) is 0 Å². The van der Waals surface area contributed by atoms with E-state index in [2.05, 4.69) is 24.5 Å². The molecule has 0 radical (unpaired) electrons. The highest BCUT2D eigenvalue weighted by Crippen LogP contribution is 2.16. The first kappa shape index (κ1) is 17.8. The van der Waals surface area contributed by atoms with E-state index in [0.717, 1.165) is 12.2 Å². The second-order valence-electron chi connectivity index (χ2n) is 5.22. The number of benzene rings is 1. The standard InChI is InChI=1S/C16H24N2O4/c1-12(2)8-9-17-15(19)16(20)18-10-11-22-14-6-4-13(21-3)5-7-14/h4-7,12H,8-11H2,1-3H3,(H,17,19)(H,18,20). The van der Waals surface area contributed by atoms with Gasteiger partial charge in [-0.05, 0) is 36.6 Å². The SMILES string of the molecule is COc1ccc(OCCNC(=O)C(=O)NCCC(C)C)cc1. The molecular formula is C16H24N2O4. The molecule has 2 N–H and O–H groups in total. The Kier molecular flexibility index (Phi) is 7.81. The number of carbonyl (C=O) groups is 2. The summed E-state index contributed by atoms with van der Waals surface area (Å²) in [5.41, 5.74) is 0. The maximum Gasteiger partial charge on any atom is 0.309 e. The van der Waals surface area contributed by atoms with Crippen molar-refractivity contribution in [1.29, 1.82) is 0 Å². The van der Waals surface area contributed by atoms with Crippen LogP contribution in [-0.2, 0) is 9.59 Å². The molecule has 0 saturated carbocycles. The molecule has 0 aliphatic heterocycles. The number of carbonyl (C=O) groups excluding carboxylic acids is 2. The van der Waals surface area contributed by atoms with Crippen molar-refractivity contribution in [2.24, 2.45) is 5.92 Å². The molecule has 0 unspecified atom stereocenters. The maximum absolute atomic E-state index is 11.5. The molecule has 0 bridgehead atoms. The summed E-state index contributed by atoms with van der Waals surface area (Å²) in [5.74, 6) is 0.670. The van der Waals surface area contributed by atoms with E-state index in [4.69, 9.17) is 9.47 Å². The van der Waals surface area contributed by atoms with Gasteiger partial charge in [-0.2, -0.15) is 0 Å². The third kappa shape index (κ3) is 6.97. The van der Waals surface area contributed by atoms with E-state index in [-0.39, 0.29) is 13.2 Å². The lowest BCUT2D eigenvalue weighted by Crippen LogP contribution is -2.41. The van der Waals surface area contributed by atoms with Crippen LogP contribution >= 0.6 is 0 Å². The van der Waals surface area contributed by atoms with E-state index in [9.17, 15) is 9.59 Å².